The average Bonchev–Trinajstić information content (AvgIpc) is 2.69. The lowest BCUT2D eigenvalue weighted by Crippen LogP contribution is -1.99. The maximum Gasteiger partial charge on any atom is 0.348 e. The molecule has 0 saturated heterocycles. The summed E-state index contributed by atoms with van der Waals surface area (Å²) in [5.41, 5.74) is 6.95. The molecule has 2 aromatic rings. The molecule has 3 nitrogen and oxygen atoms in total. The molecule has 100 valence electrons. The van der Waals surface area contributed by atoms with E-state index >= 15 is 0 Å². The molecule has 0 radical (unpaired) electrons. The fourth-order valence-electron chi connectivity index (χ4n) is 1.88. The van der Waals surface area contributed by atoms with E-state index in [-0.39, 0.29) is 16.1 Å². The SMILES string of the molecule is CCc1c(-c2cc(Cl)ccc2F)sc(C(=O)O)c1N. The zero-order chi connectivity index (χ0) is 14.2. The summed E-state index contributed by atoms with van der Waals surface area (Å²) < 4.78 is 13.9. The van der Waals surface area contributed by atoms with Crippen molar-refractivity contribution in [2.75, 3.05) is 5.73 Å². The van der Waals surface area contributed by atoms with Crippen LogP contribution in [0.4, 0.5) is 10.1 Å². The molecule has 1 aromatic carbocycles. The second-order valence-electron chi connectivity index (χ2n) is 3.94. The Morgan fingerprint density at radius 3 is 2.79 bits per heavy atom. The second-order valence-corrected chi connectivity index (χ2v) is 5.39. The Morgan fingerprint density at radius 1 is 1.53 bits per heavy atom. The van der Waals surface area contributed by atoms with Gasteiger partial charge >= 0.3 is 5.97 Å². The van der Waals surface area contributed by atoms with Gasteiger partial charge in [0, 0.05) is 15.5 Å². The Kier molecular flexibility index (Phi) is 3.78. The highest BCUT2D eigenvalue weighted by atomic mass is 35.5. The van der Waals surface area contributed by atoms with Crippen LogP contribution in [0, 0.1) is 5.82 Å². The van der Waals surface area contributed by atoms with Gasteiger partial charge < -0.3 is 10.8 Å². The lowest BCUT2D eigenvalue weighted by atomic mass is 10.1. The fraction of sp³-hybridized carbons (Fsp3) is 0.154. The molecule has 0 saturated carbocycles. The number of carboxylic acid groups (broad SMARTS) is 1. The van der Waals surface area contributed by atoms with Gasteiger partial charge in [-0.2, -0.15) is 0 Å². The van der Waals surface area contributed by atoms with Crippen LogP contribution in [0.5, 0.6) is 0 Å². The van der Waals surface area contributed by atoms with Gasteiger partial charge in [0.25, 0.3) is 0 Å². The van der Waals surface area contributed by atoms with E-state index in [1.54, 1.807) is 0 Å². The first kappa shape index (κ1) is 13.8. The van der Waals surface area contributed by atoms with Crippen LogP contribution in [-0.4, -0.2) is 11.1 Å². The zero-order valence-electron chi connectivity index (χ0n) is 10.0. The molecule has 0 unspecified atom stereocenters. The van der Waals surface area contributed by atoms with E-state index in [1.165, 1.54) is 18.2 Å². The molecule has 0 fully saturated rings. The summed E-state index contributed by atoms with van der Waals surface area (Å²) >= 11 is 6.83. The van der Waals surface area contributed by atoms with Crippen molar-refractivity contribution in [3.05, 3.63) is 39.5 Å². The summed E-state index contributed by atoms with van der Waals surface area (Å²) in [5, 5.41) is 9.47. The Morgan fingerprint density at radius 2 is 2.21 bits per heavy atom. The quantitative estimate of drug-likeness (QED) is 0.898. The fourth-order valence-corrected chi connectivity index (χ4v) is 3.22. The van der Waals surface area contributed by atoms with E-state index in [9.17, 15) is 9.18 Å². The van der Waals surface area contributed by atoms with Gasteiger partial charge in [-0.15, -0.1) is 11.3 Å². The Balaban J connectivity index is 2.71. The molecule has 1 aromatic heterocycles. The first-order valence-corrected chi connectivity index (χ1v) is 6.75. The minimum absolute atomic E-state index is 0.0335. The molecule has 0 aliphatic carbocycles. The third kappa shape index (κ3) is 2.43. The number of anilines is 1. The summed E-state index contributed by atoms with van der Waals surface area (Å²) in [4.78, 5) is 11.7. The van der Waals surface area contributed by atoms with E-state index in [0.29, 0.717) is 21.9 Å². The van der Waals surface area contributed by atoms with Gasteiger partial charge in [-0.1, -0.05) is 18.5 Å². The summed E-state index contributed by atoms with van der Waals surface area (Å²) in [5.74, 6) is -1.55. The molecule has 0 aliphatic rings. The lowest BCUT2D eigenvalue weighted by molar-refractivity contribution is 0.0703. The molecular weight excluding hydrogens is 289 g/mol. The monoisotopic (exact) mass is 299 g/mol. The maximum atomic E-state index is 13.9. The van der Waals surface area contributed by atoms with Crippen molar-refractivity contribution in [1.29, 1.82) is 0 Å². The van der Waals surface area contributed by atoms with Crippen LogP contribution in [0.25, 0.3) is 10.4 Å². The first-order valence-electron chi connectivity index (χ1n) is 5.55. The van der Waals surface area contributed by atoms with Crippen molar-refractivity contribution < 1.29 is 14.3 Å². The number of nitrogen functional groups attached to an aromatic ring is 1. The van der Waals surface area contributed by atoms with Crippen LogP contribution in [0.15, 0.2) is 18.2 Å². The molecule has 0 spiro atoms. The van der Waals surface area contributed by atoms with Crippen LogP contribution in [0.3, 0.4) is 0 Å². The molecular formula is C13H11ClFNO2S. The van der Waals surface area contributed by atoms with Crippen LogP contribution >= 0.6 is 22.9 Å². The van der Waals surface area contributed by atoms with Gasteiger partial charge in [0.05, 0.1) is 5.69 Å². The normalized spacial score (nSPS) is 10.7. The van der Waals surface area contributed by atoms with Crippen LogP contribution < -0.4 is 5.73 Å². The maximum absolute atomic E-state index is 13.9. The number of hydrogen-bond donors (Lipinski definition) is 2. The third-order valence-electron chi connectivity index (χ3n) is 2.77. The number of hydrogen-bond acceptors (Lipinski definition) is 3. The second kappa shape index (κ2) is 5.19. The van der Waals surface area contributed by atoms with Gasteiger partial charge in [0.15, 0.2) is 0 Å². The van der Waals surface area contributed by atoms with Crippen molar-refractivity contribution >= 4 is 34.6 Å². The van der Waals surface area contributed by atoms with E-state index in [4.69, 9.17) is 22.4 Å². The molecule has 0 aliphatic heterocycles. The molecule has 0 atom stereocenters. The largest absolute Gasteiger partial charge is 0.477 e. The van der Waals surface area contributed by atoms with Crippen molar-refractivity contribution in [1.82, 2.24) is 0 Å². The highest BCUT2D eigenvalue weighted by Gasteiger charge is 2.22. The number of rotatable bonds is 3. The van der Waals surface area contributed by atoms with Crippen molar-refractivity contribution in [2.24, 2.45) is 0 Å². The van der Waals surface area contributed by atoms with Gasteiger partial charge in [0.2, 0.25) is 0 Å². The lowest BCUT2D eigenvalue weighted by Gasteiger charge is -2.04. The van der Waals surface area contributed by atoms with Crippen molar-refractivity contribution in [3.63, 3.8) is 0 Å². The minimum Gasteiger partial charge on any atom is -0.477 e. The van der Waals surface area contributed by atoms with E-state index in [1.807, 2.05) is 6.92 Å². The number of halogens is 2. The van der Waals surface area contributed by atoms with Crippen LogP contribution in [-0.2, 0) is 6.42 Å². The molecule has 2 rings (SSSR count). The van der Waals surface area contributed by atoms with E-state index < -0.39 is 11.8 Å². The van der Waals surface area contributed by atoms with Gasteiger partial charge in [-0.05, 0) is 30.2 Å². The first-order chi connectivity index (χ1) is 8.95. The Bertz CT molecular complexity index is 654. The van der Waals surface area contributed by atoms with E-state index in [2.05, 4.69) is 0 Å². The third-order valence-corrected chi connectivity index (χ3v) is 4.27. The van der Waals surface area contributed by atoms with Crippen molar-refractivity contribution in [3.8, 4) is 10.4 Å². The minimum atomic E-state index is -1.11. The number of thiophene rings is 1. The predicted molar refractivity (Wildman–Crippen MR) is 75.5 cm³/mol. The smallest absolute Gasteiger partial charge is 0.348 e. The topological polar surface area (TPSA) is 63.3 Å². The number of benzene rings is 1. The summed E-state index contributed by atoms with van der Waals surface area (Å²) in [6, 6.07) is 4.18. The number of nitrogens with two attached hydrogens (primary N) is 1. The highest BCUT2D eigenvalue weighted by Crippen LogP contribution is 2.40. The Hall–Kier alpha value is -1.59. The van der Waals surface area contributed by atoms with Gasteiger partial charge in [0.1, 0.15) is 10.7 Å². The molecule has 19 heavy (non-hydrogen) atoms. The van der Waals surface area contributed by atoms with Crippen LogP contribution in [0.1, 0.15) is 22.2 Å². The molecule has 1 heterocycles. The molecule has 0 amide bonds. The molecule has 0 bridgehead atoms. The summed E-state index contributed by atoms with van der Waals surface area (Å²) in [7, 11) is 0. The zero-order valence-corrected chi connectivity index (χ0v) is 11.6. The Labute approximate surface area is 118 Å². The molecule has 3 N–H and O–H groups in total. The average molecular weight is 300 g/mol. The number of aromatic carboxylic acids is 1. The molecule has 6 heteroatoms. The van der Waals surface area contributed by atoms with Crippen LogP contribution in [0.2, 0.25) is 5.02 Å². The van der Waals surface area contributed by atoms with E-state index in [0.717, 1.165) is 11.3 Å². The highest BCUT2D eigenvalue weighted by molar-refractivity contribution is 7.18. The van der Waals surface area contributed by atoms with Crippen molar-refractivity contribution in [2.45, 2.75) is 13.3 Å². The number of carboxylic acids is 1. The summed E-state index contributed by atoms with van der Waals surface area (Å²) in [6.45, 7) is 1.84. The van der Waals surface area contributed by atoms with Gasteiger partial charge in [-0.3, -0.25) is 0 Å². The number of carbonyl (C=O) groups is 1. The summed E-state index contributed by atoms with van der Waals surface area (Å²) in [6.07, 6.45) is 0.525. The standard InChI is InChI=1S/C13H11ClFNO2S/c1-2-7-10(16)12(13(17)18)19-11(7)8-5-6(14)3-4-9(8)15/h3-5H,2,16H2,1H3,(H,17,18). The predicted octanol–water partition coefficient (Wildman–Crippen LogP) is 4.05. The van der Waals surface area contributed by atoms with Gasteiger partial charge in [-0.25, -0.2) is 9.18 Å².